The number of nitrogens with zero attached hydrogens (tertiary/aromatic N) is 7. The maximum Gasteiger partial charge on any atom is 0.420 e. The molecule has 1 saturated heterocycles. The lowest BCUT2D eigenvalue weighted by molar-refractivity contribution is -0.000318. The number of hydrogen-bond acceptors (Lipinski definition) is 13. The molecule has 14 heteroatoms. The van der Waals surface area contributed by atoms with Crippen LogP contribution in [-0.2, 0) is 20.8 Å². The molecule has 1 unspecified atom stereocenters. The highest BCUT2D eigenvalue weighted by atomic mass is 16.6. The lowest BCUT2D eigenvalue weighted by Gasteiger charge is -2.40. The summed E-state index contributed by atoms with van der Waals surface area (Å²) in [6, 6.07) is -0.358. The van der Waals surface area contributed by atoms with Crippen LogP contribution in [0.2, 0.25) is 0 Å². The Morgan fingerprint density at radius 2 is 1.44 bits per heavy atom. The molecule has 2 aromatic rings. The second kappa shape index (κ2) is 13.1. The molecule has 2 amide bonds. The predicted octanol–water partition coefficient (Wildman–Crippen LogP) is 2.80. The number of imide groups is 1. The van der Waals surface area contributed by atoms with Gasteiger partial charge in [0.25, 0.3) is 0 Å². The van der Waals surface area contributed by atoms with Crippen molar-refractivity contribution in [2.75, 3.05) is 42.6 Å². The van der Waals surface area contributed by atoms with Crippen LogP contribution in [0.15, 0.2) is 24.8 Å². The number of anilines is 2. The van der Waals surface area contributed by atoms with Crippen LogP contribution in [-0.4, -0.2) is 98.2 Å². The van der Waals surface area contributed by atoms with Gasteiger partial charge in [0.05, 0.1) is 31.4 Å². The van der Waals surface area contributed by atoms with Crippen LogP contribution in [0.4, 0.5) is 21.5 Å². The van der Waals surface area contributed by atoms with Crippen LogP contribution in [0.5, 0.6) is 0 Å². The molecule has 1 aliphatic heterocycles. The number of aromatic nitrogens is 4. The van der Waals surface area contributed by atoms with Crippen molar-refractivity contribution in [3.8, 4) is 0 Å². The summed E-state index contributed by atoms with van der Waals surface area (Å²) < 4.78 is 15.8. The Hall–Kier alpha value is -4.07. The molecular formula is C27H39N7O7. The molecule has 1 aliphatic rings. The van der Waals surface area contributed by atoms with Gasteiger partial charge in [0.1, 0.15) is 11.2 Å². The highest BCUT2D eigenvalue weighted by molar-refractivity contribution is 5.89. The van der Waals surface area contributed by atoms with Gasteiger partial charge in [-0.3, -0.25) is 0 Å². The smallest absolute Gasteiger partial charge is 0.420 e. The molecule has 1 N–H and O–H groups in total. The van der Waals surface area contributed by atoms with E-state index in [2.05, 4.69) is 19.9 Å². The van der Waals surface area contributed by atoms with E-state index in [9.17, 15) is 19.5 Å². The number of rotatable bonds is 7. The summed E-state index contributed by atoms with van der Waals surface area (Å²) in [7, 11) is 0. The third-order valence-electron chi connectivity index (χ3n) is 5.64. The first-order valence-corrected chi connectivity index (χ1v) is 13.4. The number of aliphatic hydroxyl groups is 1. The second-order valence-corrected chi connectivity index (χ2v) is 11.4. The van der Waals surface area contributed by atoms with E-state index in [4.69, 9.17) is 14.2 Å². The molecule has 0 aromatic carbocycles. The molecule has 0 aliphatic carbocycles. The summed E-state index contributed by atoms with van der Waals surface area (Å²) >= 11 is 0. The molecule has 41 heavy (non-hydrogen) atoms. The molecule has 3 rings (SSSR count). The van der Waals surface area contributed by atoms with Gasteiger partial charge >= 0.3 is 18.2 Å². The zero-order valence-corrected chi connectivity index (χ0v) is 24.7. The van der Waals surface area contributed by atoms with Crippen molar-refractivity contribution < 1.29 is 33.7 Å². The predicted molar refractivity (Wildman–Crippen MR) is 148 cm³/mol. The van der Waals surface area contributed by atoms with Crippen molar-refractivity contribution in [2.24, 2.45) is 0 Å². The highest BCUT2D eigenvalue weighted by Crippen LogP contribution is 2.21. The van der Waals surface area contributed by atoms with Gasteiger partial charge in [-0.15, -0.1) is 0 Å². The first-order chi connectivity index (χ1) is 19.2. The molecular weight excluding hydrogens is 534 g/mol. The molecule has 1 atom stereocenters. The second-order valence-electron chi connectivity index (χ2n) is 11.4. The van der Waals surface area contributed by atoms with Gasteiger partial charge in [0.15, 0.2) is 0 Å². The van der Waals surface area contributed by atoms with E-state index in [0.29, 0.717) is 37.1 Å². The number of esters is 1. The standard InChI is InChI=1S/C27H39N7O7/c1-8-39-21(36)19-13-30-22(31-14-19)32-9-10-33(20(16-32)17-35)23-28-11-18(12-29-23)15-34(24(37)40-26(2,3)4)25(38)41-27(5,6)7/h11-14,20,35H,8-10,15-17H2,1-7H3. The topological polar surface area (TPSA) is 160 Å². The van der Waals surface area contributed by atoms with Crippen molar-refractivity contribution >= 4 is 30.1 Å². The van der Waals surface area contributed by atoms with Crippen LogP contribution in [0.25, 0.3) is 0 Å². The molecule has 3 heterocycles. The lowest BCUT2D eigenvalue weighted by Crippen LogP contribution is -2.56. The summed E-state index contributed by atoms with van der Waals surface area (Å²) in [5.74, 6) is 0.321. The Morgan fingerprint density at radius 1 is 0.902 bits per heavy atom. The minimum atomic E-state index is -0.843. The van der Waals surface area contributed by atoms with Gasteiger partial charge in [-0.05, 0) is 48.5 Å². The van der Waals surface area contributed by atoms with Crippen molar-refractivity contribution in [1.29, 1.82) is 0 Å². The normalized spacial score (nSPS) is 15.8. The van der Waals surface area contributed by atoms with Crippen LogP contribution in [0.1, 0.15) is 64.4 Å². The zero-order valence-electron chi connectivity index (χ0n) is 24.7. The van der Waals surface area contributed by atoms with E-state index >= 15 is 0 Å². The van der Waals surface area contributed by atoms with Gasteiger partial charge in [-0.25, -0.2) is 39.2 Å². The number of carbonyl (C=O) groups excluding carboxylic acids is 3. The monoisotopic (exact) mass is 573 g/mol. The minimum Gasteiger partial charge on any atom is -0.462 e. The molecule has 0 saturated carbocycles. The van der Waals surface area contributed by atoms with Crippen LogP contribution >= 0.6 is 0 Å². The molecule has 0 bridgehead atoms. The first kappa shape index (κ1) is 31.5. The Kier molecular flexibility index (Phi) is 10.0. The Labute approximate surface area is 239 Å². The fourth-order valence-electron chi connectivity index (χ4n) is 3.86. The highest BCUT2D eigenvalue weighted by Gasteiger charge is 2.33. The van der Waals surface area contributed by atoms with Crippen LogP contribution in [0, 0.1) is 0 Å². The average Bonchev–Trinajstić information content (AvgIpc) is 2.90. The van der Waals surface area contributed by atoms with Crippen LogP contribution < -0.4 is 9.80 Å². The Morgan fingerprint density at radius 3 is 1.93 bits per heavy atom. The van der Waals surface area contributed by atoms with Crippen molar-refractivity contribution in [2.45, 2.75) is 72.3 Å². The molecule has 0 radical (unpaired) electrons. The summed E-state index contributed by atoms with van der Waals surface area (Å²) in [5, 5.41) is 10.1. The van der Waals surface area contributed by atoms with Crippen LogP contribution in [0.3, 0.4) is 0 Å². The number of amides is 2. The molecule has 0 spiro atoms. The first-order valence-electron chi connectivity index (χ1n) is 13.4. The van der Waals surface area contributed by atoms with Crippen molar-refractivity contribution in [1.82, 2.24) is 24.8 Å². The molecule has 224 valence electrons. The van der Waals surface area contributed by atoms with Crippen molar-refractivity contribution in [3.05, 3.63) is 35.9 Å². The van der Waals surface area contributed by atoms with E-state index in [-0.39, 0.29) is 31.4 Å². The lowest BCUT2D eigenvalue weighted by atomic mass is 10.2. The van der Waals surface area contributed by atoms with E-state index in [1.165, 1.54) is 24.8 Å². The van der Waals surface area contributed by atoms with E-state index in [1.54, 1.807) is 48.5 Å². The summed E-state index contributed by atoms with van der Waals surface area (Å²) in [6.07, 6.45) is 4.18. The van der Waals surface area contributed by atoms with Crippen molar-refractivity contribution in [3.63, 3.8) is 0 Å². The fourth-order valence-corrected chi connectivity index (χ4v) is 3.86. The summed E-state index contributed by atoms with van der Waals surface area (Å²) in [4.78, 5) is 59.6. The van der Waals surface area contributed by atoms with E-state index in [0.717, 1.165) is 4.90 Å². The van der Waals surface area contributed by atoms with Gasteiger partial charge in [0.2, 0.25) is 11.9 Å². The summed E-state index contributed by atoms with van der Waals surface area (Å²) in [5.41, 5.74) is -0.877. The van der Waals surface area contributed by atoms with E-state index < -0.39 is 29.4 Å². The number of aliphatic hydroxyl groups excluding tert-OH is 1. The maximum absolute atomic E-state index is 12.8. The molecule has 1 fully saturated rings. The SMILES string of the molecule is CCOC(=O)c1cnc(N2CCN(c3ncc(CN(C(=O)OC(C)(C)C)C(=O)OC(C)(C)C)cn3)C(CO)C2)nc1. The molecule has 14 nitrogen and oxygen atoms in total. The number of carbonyl (C=O) groups is 3. The minimum absolute atomic E-state index is 0.152. The quantitative estimate of drug-likeness (QED) is 0.381. The van der Waals surface area contributed by atoms with Gasteiger partial charge in [0, 0.05) is 50.0 Å². The third kappa shape index (κ3) is 8.96. The van der Waals surface area contributed by atoms with E-state index in [1.807, 2.05) is 9.80 Å². The third-order valence-corrected chi connectivity index (χ3v) is 5.64. The van der Waals surface area contributed by atoms with Gasteiger partial charge < -0.3 is 29.1 Å². The number of piperazine rings is 1. The van der Waals surface area contributed by atoms with Gasteiger partial charge in [-0.1, -0.05) is 0 Å². The zero-order chi connectivity index (χ0) is 30.4. The number of hydrogen-bond donors (Lipinski definition) is 1. The summed E-state index contributed by atoms with van der Waals surface area (Å²) in [6.45, 7) is 13.3. The Bertz CT molecular complexity index is 1170. The Balaban J connectivity index is 1.70. The van der Waals surface area contributed by atoms with Gasteiger partial charge in [-0.2, -0.15) is 0 Å². The number of ether oxygens (including phenoxy) is 3. The maximum atomic E-state index is 12.8. The fraction of sp³-hybridized carbons (Fsp3) is 0.593. The molecule has 2 aromatic heterocycles. The average molecular weight is 574 g/mol. The largest absolute Gasteiger partial charge is 0.462 e.